The fourth-order valence-electron chi connectivity index (χ4n) is 4.54. The normalized spacial score (nSPS) is 16.8. The first-order valence-corrected chi connectivity index (χ1v) is 10.9. The highest BCUT2D eigenvalue weighted by Gasteiger charge is 2.33. The van der Waals surface area contributed by atoms with Crippen molar-refractivity contribution in [1.82, 2.24) is 9.55 Å². The molecule has 0 unspecified atom stereocenters. The van der Waals surface area contributed by atoms with Crippen molar-refractivity contribution >= 4 is 29.5 Å². The first-order valence-electron chi connectivity index (χ1n) is 10.2. The van der Waals surface area contributed by atoms with Crippen LogP contribution in [0.1, 0.15) is 46.8 Å². The van der Waals surface area contributed by atoms with Gasteiger partial charge in [0.25, 0.3) is 5.56 Å². The Labute approximate surface area is 183 Å². The topological polar surface area (TPSA) is 81.4 Å². The van der Waals surface area contributed by atoms with Crippen LogP contribution in [0.15, 0.2) is 23.0 Å². The van der Waals surface area contributed by atoms with Crippen molar-refractivity contribution in [2.24, 2.45) is 0 Å². The Morgan fingerprint density at radius 3 is 2.87 bits per heavy atom. The van der Waals surface area contributed by atoms with Crippen LogP contribution in [-0.4, -0.2) is 26.4 Å². The molecule has 0 aliphatic carbocycles. The summed E-state index contributed by atoms with van der Waals surface area (Å²) in [7, 11) is 0. The molecular weight excluding hydrogens is 419 g/mol. The summed E-state index contributed by atoms with van der Waals surface area (Å²) in [5, 5.41) is 11.1. The lowest BCUT2D eigenvalue weighted by Gasteiger charge is -2.21. The van der Waals surface area contributed by atoms with Crippen molar-refractivity contribution in [3.63, 3.8) is 0 Å². The number of benzene rings is 1. The molecule has 0 spiro atoms. The molecule has 1 N–H and O–H groups in total. The number of hydrogen-bond donors (Lipinski definition) is 2. The van der Waals surface area contributed by atoms with Gasteiger partial charge in [0, 0.05) is 22.6 Å². The summed E-state index contributed by atoms with van der Waals surface area (Å²) in [5.41, 5.74) is 4.26. The Morgan fingerprint density at radius 2 is 2.10 bits per heavy atom. The van der Waals surface area contributed by atoms with Crippen LogP contribution in [0.5, 0.6) is 0 Å². The number of halogens is 1. The minimum Gasteiger partial charge on any atom is -0.458 e. The molecule has 5 rings (SSSR count). The van der Waals surface area contributed by atoms with Crippen LogP contribution >= 0.6 is 12.6 Å². The maximum absolute atomic E-state index is 14.7. The highest BCUT2D eigenvalue weighted by atomic mass is 32.1. The molecule has 31 heavy (non-hydrogen) atoms. The Balaban J connectivity index is 1.69. The van der Waals surface area contributed by atoms with Gasteiger partial charge in [0.05, 0.1) is 29.0 Å². The van der Waals surface area contributed by atoms with Crippen molar-refractivity contribution < 1.29 is 19.0 Å². The molecule has 1 atom stereocenters. The van der Waals surface area contributed by atoms with E-state index in [0.29, 0.717) is 29.0 Å². The van der Waals surface area contributed by atoms with Gasteiger partial charge >= 0.3 is 5.97 Å². The molecule has 8 heteroatoms. The minimum atomic E-state index is -1.50. The predicted octanol–water partition coefficient (Wildman–Crippen LogP) is 3.22. The maximum Gasteiger partial charge on any atom is 0.340 e. The number of aliphatic hydroxyl groups is 1. The van der Waals surface area contributed by atoms with E-state index < -0.39 is 12.1 Å². The van der Waals surface area contributed by atoms with Crippen molar-refractivity contribution in [2.75, 3.05) is 5.75 Å². The number of pyridine rings is 2. The number of esters is 1. The number of nitrogens with zero attached hydrogens (tertiary/aromatic N) is 2. The second-order valence-corrected chi connectivity index (χ2v) is 8.52. The molecule has 3 aromatic rings. The summed E-state index contributed by atoms with van der Waals surface area (Å²) in [6.45, 7) is 1.95. The summed E-state index contributed by atoms with van der Waals surface area (Å²) in [5.74, 6) is -0.300. The van der Waals surface area contributed by atoms with Crippen LogP contribution in [-0.2, 0) is 29.1 Å². The number of carbonyl (C=O) groups is 1. The van der Waals surface area contributed by atoms with E-state index in [1.807, 2.05) is 6.07 Å². The molecule has 0 amide bonds. The Bertz CT molecular complexity index is 1320. The van der Waals surface area contributed by atoms with Crippen molar-refractivity contribution in [1.29, 1.82) is 0 Å². The molecule has 0 saturated carbocycles. The number of cyclic esters (lactones) is 1. The zero-order valence-electron chi connectivity index (χ0n) is 16.9. The monoisotopic (exact) mass is 440 g/mol. The van der Waals surface area contributed by atoms with Crippen LogP contribution in [0.2, 0.25) is 0 Å². The third-order valence-electron chi connectivity index (χ3n) is 6.25. The van der Waals surface area contributed by atoms with E-state index >= 15 is 0 Å². The zero-order valence-corrected chi connectivity index (χ0v) is 17.8. The van der Waals surface area contributed by atoms with Crippen LogP contribution in [0.4, 0.5) is 4.39 Å². The second kappa shape index (κ2) is 7.46. The lowest BCUT2D eigenvalue weighted by Crippen LogP contribution is -2.32. The van der Waals surface area contributed by atoms with Gasteiger partial charge in [-0.3, -0.25) is 4.79 Å². The number of aromatic nitrogens is 2. The average molecular weight is 440 g/mol. The number of fused-ring (bicyclic) bond motifs is 5. The van der Waals surface area contributed by atoms with E-state index in [1.54, 1.807) is 17.6 Å². The molecule has 4 heterocycles. The number of aryl methyl sites for hydroxylation is 1. The molecule has 0 bridgehead atoms. The second-order valence-electron chi connectivity index (χ2n) is 8.07. The molecule has 160 valence electrons. The number of thiol groups is 1. The van der Waals surface area contributed by atoms with Gasteiger partial charge in [-0.2, -0.15) is 12.6 Å². The minimum absolute atomic E-state index is 0.157. The summed E-state index contributed by atoms with van der Waals surface area (Å²) in [4.78, 5) is 29.5. The lowest BCUT2D eigenvalue weighted by atomic mass is 9.95. The van der Waals surface area contributed by atoms with Crippen molar-refractivity contribution in [2.45, 2.75) is 45.4 Å². The molecule has 0 saturated heterocycles. The quantitative estimate of drug-likeness (QED) is 0.289. The van der Waals surface area contributed by atoms with Gasteiger partial charge in [-0.1, -0.05) is 0 Å². The van der Waals surface area contributed by atoms with Crippen LogP contribution in [0, 0.1) is 12.7 Å². The summed E-state index contributed by atoms with van der Waals surface area (Å²) >= 11 is 4.26. The Morgan fingerprint density at radius 1 is 1.29 bits per heavy atom. The summed E-state index contributed by atoms with van der Waals surface area (Å²) < 4.78 is 21.2. The molecule has 0 radical (unpaired) electrons. The molecule has 2 aromatic heterocycles. The number of aliphatic hydroxyl groups excluding tert-OH is 1. The van der Waals surface area contributed by atoms with Gasteiger partial charge in [-0.15, -0.1) is 0 Å². The van der Waals surface area contributed by atoms with Crippen LogP contribution in [0.3, 0.4) is 0 Å². The van der Waals surface area contributed by atoms with Gasteiger partial charge < -0.3 is 14.4 Å². The lowest BCUT2D eigenvalue weighted by molar-refractivity contribution is -0.157. The van der Waals surface area contributed by atoms with E-state index in [0.717, 1.165) is 41.5 Å². The first-order chi connectivity index (χ1) is 14.9. The maximum atomic E-state index is 14.7. The number of ether oxygens (including phenoxy) is 1. The van der Waals surface area contributed by atoms with Crippen LogP contribution < -0.4 is 5.56 Å². The molecule has 0 fully saturated rings. The van der Waals surface area contributed by atoms with E-state index in [9.17, 15) is 19.1 Å². The smallest absolute Gasteiger partial charge is 0.340 e. The number of carbonyl (C=O) groups excluding carboxylic acids is 1. The highest BCUT2D eigenvalue weighted by molar-refractivity contribution is 7.80. The molecule has 2 aliphatic heterocycles. The van der Waals surface area contributed by atoms with Crippen LogP contribution in [0.25, 0.3) is 22.3 Å². The van der Waals surface area contributed by atoms with Gasteiger partial charge in [-0.25, -0.2) is 14.2 Å². The van der Waals surface area contributed by atoms with Gasteiger partial charge in [0.15, 0.2) is 6.10 Å². The van der Waals surface area contributed by atoms with Gasteiger partial charge in [0.2, 0.25) is 0 Å². The number of rotatable bonds is 4. The fourth-order valence-corrected chi connectivity index (χ4v) is 4.77. The Kier molecular flexibility index (Phi) is 4.86. The summed E-state index contributed by atoms with van der Waals surface area (Å²) in [6, 6.07) is 5.05. The standard InChI is InChI=1S/C23H21FN2O4S/c1-11-13(4-2-3-5-31)14-6-12-9-26-19(20(12)25-18(14)8-17(11)24)7-15-16(22(26)28)10-30-23(29)21(15)27/h6-8,21,27,31H,2-5,9-10H2,1H3/t21-/m0/s1. The first kappa shape index (κ1) is 20.2. The molecule has 2 aliphatic rings. The van der Waals surface area contributed by atoms with Crippen molar-refractivity contribution in [3.8, 4) is 11.4 Å². The average Bonchev–Trinajstić information content (AvgIpc) is 3.11. The highest BCUT2D eigenvalue weighted by Crippen LogP contribution is 2.37. The summed E-state index contributed by atoms with van der Waals surface area (Å²) in [6.07, 6.45) is 1.08. The van der Waals surface area contributed by atoms with E-state index in [-0.39, 0.29) is 29.1 Å². The van der Waals surface area contributed by atoms with Gasteiger partial charge in [-0.05, 0) is 55.2 Å². The predicted molar refractivity (Wildman–Crippen MR) is 117 cm³/mol. The molecular formula is C23H21FN2O4S. The fraction of sp³-hybridized carbons (Fsp3) is 0.348. The van der Waals surface area contributed by atoms with Gasteiger partial charge in [0.1, 0.15) is 12.4 Å². The van der Waals surface area contributed by atoms with E-state index in [1.165, 1.54) is 6.07 Å². The largest absolute Gasteiger partial charge is 0.458 e. The zero-order chi connectivity index (χ0) is 21.9. The SMILES string of the molecule is Cc1c(F)cc2nc3c(cc2c1CCCCS)Cn1c-3cc2c(c1=O)COC(=O)[C@H]2O. The third kappa shape index (κ3) is 3.08. The molecule has 6 nitrogen and oxygen atoms in total. The van der Waals surface area contributed by atoms with E-state index in [4.69, 9.17) is 9.72 Å². The van der Waals surface area contributed by atoms with E-state index in [2.05, 4.69) is 12.6 Å². The number of hydrogen-bond acceptors (Lipinski definition) is 6. The molecule has 1 aromatic carbocycles. The number of unbranched alkanes of at least 4 members (excludes halogenated alkanes) is 1. The third-order valence-corrected chi connectivity index (χ3v) is 6.56. The Hall–Kier alpha value is -2.71. The van der Waals surface area contributed by atoms with Crippen molar-refractivity contribution in [3.05, 3.63) is 62.2 Å².